The van der Waals surface area contributed by atoms with Crippen LogP contribution in [0.2, 0.25) is 0 Å². The van der Waals surface area contributed by atoms with Crippen LogP contribution >= 0.6 is 11.5 Å². The van der Waals surface area contributed by atoms with Crippen molar-refractivity contribution in [3.63, 3.8) is 0 Å². The smallest absolute Gasteiger partial charge is 0.319 e. The molecule has 0 saturated carbocycles. The van der Waals surface area contributed by atoms with E-state index in [1.165, 1.54) is 23.7 Å². The third-order valence-corrected chi connectivity index (χ3v) is 5.43. The van der Waals surface area contributed by atoms with Crippen LogP contribution in [0.1, 0.15) is 17.0 Å². The number of nitrogens with zero attached hydrogens (tertiary/aromatic N) is 4. The third kappa shape index (κ3) is 2.65. The lowest BCUT2D eigenvalue weighted by atomic mass is 10.0. The van der Waals surface area contributed by atoms with Gasteiger partial charge >= 0.3 is 5.92 Å². The van der Waals surface area contributed by atoms with E-state index in [1.807, 2.05) is 13.0 Å². The molecular formula is C20H12F2N4OS. The Morgan fingerprint density at radius 3 is 2.79 bits per heavy atom. The monoisotopic (exact) mass is 394 g/mol. The van der Waals surface area contributed by atoms with Gasteiger partial charge in [-0.15, -0.1) is 0 Å². The van der Waals surface area contributed by atoms with Gasteiger partial charge in [0, 0.05) is 28.9 Å². The largest absolute Gasteiger partial charge is 0.335 e. The van der Waals surface area contributed by atoms with Gasteiger partial charge in [-0.3, -0.25) is 4.98 Å². The lowest BCUT2D eigenvalue weighted by molar-refractivity contribution is 0.0362. The summed E-state index contributed by atoms with van der Waals surface area (Å²) in [6, 6.07) is 11.3. The number of rotatable bonds is 3. The predicted octanol–water partition coefficient (Wildman–Crippen LogP) is 5.34. The molecule has 0 atom stereocenters. The highest BCUT2D eigenvalue weighted by Crippen LogP contribution is 2.40. The third-order valence-electron chi connectivity index (χ3n) is 4.51. The van der Waals surface area contributed by atoms with Gasteiger partial charge in [0.05, 0.1) is 21.5 Å². The van der Waals surface area contributed by atoms with E-state index in [1.54, 1.807) is 36.7 Å². The molecule has 0 radical (unpaired) electrons. The molecule has 28 heavy (non-hydrogen) atoms. The fourth-order valence-electron chi connectivity index (χ4n) is 3.10. The summed E-state index contributed by atoms with van der Waals surface area (Å²) in [5.41, 5.74) is 1.64. The first-order valence-electron chi connectivity index (χ1n) is 8.45. The number of halogens is 2. The van der Waals surface area contributed by atoms with Gasteiger partial charge in [-0.1, -0.05) is 17.3 Å². The zero-order valence-electron chi connectivity index (χ0n) is 14.6. The molecule has 5 aromatic rings. The van der Waals surface area contributed by atoms with Crippen LogP contribution in [0.4, 0.5) is 8.78 Å². The van der Waals surface area contributed by atoms with Crippen LogP contribution in [0, 0.1) is 6.92 Å². The van der Waals surface area contributed by atoms with E-state index in [9.17, 15) is 0 Å². The minimum Gasteiger partial charge on any atom is -0.335 e. The van der Waals surface area contributed by atoms with Gasteiger partial charge in [0.1, 0.15) is 0 Å². The number of aryl methyl sites for hydroxylation is 1. The van der Waals surface area contributed by atoms with E-state index in [-0.39, 0.29) is 16.7 Å². The molecular weight excluding hydrogens is 382 g/mol. The van der Waals surface area contributed by atoms with Crippen molar-refractivity contribution in [3.05, 3.63) is 71.8 Å². The molecule has 0 aliphatic rings. The van der Waals surface area contributed by atoms with Crippen molar-refractivity contribution in [2.45, 2.75) is 12.8 Å². The van der Waals surface area contributed by atoms with Crippen LogP contribution in [0.3, 0.4) is 0 Å². The van der Waals surface area contributed by atoms with E-state index in [0.717, 1.165) is 10.6 Å². The molecule has 5 nitrogen and oxygen atoms in total. The quantitative estimate of drug-likeness (QED) is 0.413. The molecule has 1 aromatic carbocycles. The summed E-state index contributed by atoms with van der Waals surface area (Å²) in [5.74, 6) is -3.35. The Hall–Kier alpha value is -3.26. The van der Waals surface area contributed by atoms with Crippen molar-refractivity contribution in [1.82, 2.24) is 19.5 Å². The highest BCUT2D eigenvalue weighted by Gasteiger charge is 2.40. The Bertz CT molecular complexity index is 1330. The van der Waals surface area contributed by atoms with Crippen LogP contribution in [-0.2, 0) is 5.92 Å². The standard InChI is InChI=1S/C20H12F2N4OS/c1-11-7-17(28-26-11)13-9-15-18(25-27-19(15)24-10-13)20(21,22)14-4-5-16-12(8-14)3-2-6-23-16/h2-10H,1H3. The van der Waals surface area contributed by atoms with Gasteiger partial charge in [0.2, 0.25) is 0 Å². The van der Waals surface area contributed by atoms with Gasteiger partial charge in [-0.2, -0.15) is 13.2 Å². The van der Waals surface area contributed by atoms with Crippen LogP contribution < -0.4 is 0 Å². The number of alkyl halides is 2. The molecule has 0 spiro atoms. The number of hydrogen-bond donors (Lipinski definition) is 0. The second-order valence-electron chi connectivity index (χ2n) is 6.43. The summed E-state index contributed by atoms with van der Waals surface area (Å²) in [6.45, 7) is 1.87. The second kappa shape index (κ2) is 6.13. The Labute approximate surface area is 161 Å². The van der Waals surface area contributed by atoms with Crippen LogP contribution in [-0.4, -0.2) is 19.5 Å². The molecule has 138 valence electrons. The fraction of sp³-hybridized carbons (Fsp3) is 0.100. The van der Waals surface area contributed by atoms with Crippen molar-refractivity contribution in [2.75, 3.05) is 0 Å². The van der Waals surface area contributed by atoms with Crippen LogP contribution in [0.25, 0.3) is 32.4 Å². The van der Waals surface area contributed by atoms with E-state index >= 15 is 8.78 Å². The molecule has 0 N–H and O–H groups in total. The lowest BCUT2D eigenvalue weighted by Crippen LogP contribution is -2.16. The normalized spacial score (nSPS) is 12.1. The average Bonchev–Trinajstić information content (AvgIpc) is 3.33. The fourth-order valence-corrected chi connectivity index (χ4v) is 3.84. The first-order chi connectivity index (χ1) is 13.5. The summed E-state index contributed by atoms with van der Waals surface area (Å²) in [7, 11) is 0. The number of pyridine rings is 2. The Kier molecular flexibility index (Phi) is 3.70. The Morgan fingerprint density at radius 2 is 1.96 bits per heavy atom. The molecule has 0 fully saturated rings. The van der Waals surface area contributed by atoms with Crippen molar-refractivity contribution in [3.8, 4) is 10.4 Å². The maximum Gasteiger partial charge on any atom is 0.319 e. The van der Waals surface area contributed by atoms with Gasteiger partial charge in [-0.25, -0.2) is 4.98 Å². The number of benzene rings is 1. The minimum absolute atomic E-state index is 0.0714. The van der Waals surface area contributed by atoms with Crippen molar-refractivity contribution < 1.29 is 13.3 Å². The molecule has 4 aromatic heterocycles. The Morgan fingerprint density at radius 1 is 1.07 bits per heavy atom. The first kappa shape index (κ1) is 16.9. The SMILES string of the molecule is Cc1cc(-c2cnc3onc(C(F)(F)c4ccc5ncccc5c4)c3c2)sn1. The highest BCUT2D eigenvalue weighted by molar-refractivity contribution is 7.09. The minimum atomic E-state index is -3.35. The number of fused-ring (bicyclic) bond motifs is 2. The average molecular weight is 394 g/mol. The summed E-state index contributed by atoms with van der Waals surface area (Å²) >= 11 is 1.29. The molecule has 4 heterocycles. The molecule has 0 bridgehead atoms. The zero-order chi connectivity index (χ0) is 19.3. The van der Waals surface area contributed by atoms with Gasteiger partial charge in [0.15, 0.2) is 5.69 Å². The number of hydrogen-bond acceptors (Lipinski definition) is 6. The van der Waals surface area contributed by atoms with Gasteiger partial charge in [-0.05, 0) is 48.8 Å². The summed E-state index contributed by atoms with van der Waals surface area (Å²) in [6.07, 6.45) is 3.20. The van der Waals surface area contributed by atoms with E-state index < -0.39 is 11.6 Å². The van der Waals surface area contributed by atoms with Crippen molar-refractivity contribution >= 4 is 33.5 Å². The molecule has 5 rings (SSSR count). The molecule has 0 unspecified atom stereocenters. The molecule has 0 aliphatic heterocycles. The Balaban J connectivity index is 1.65. The van der Waals surface area contributed by atoms with Crippen LogP contribution in [0.15, 0.2) is 59.4 Å². The maximum atomic E-state index is 15.3. The van der Waals surface area contributed by atoms with E-state index in [2.05, 4.69) is 19.5 Å². The van der Waals surface area contributed by atoms with Gasteiger partial charge < -0.3 is 4.52 Å². The predicted molar refractivity (Wildman–Crippen MR) is 102 cm³/mol. The summed E-state index contributed by atoms with van der Waals surface area (Å²) in [5, 5.41) is 4.46. The highest BCUT2D eigenvalue weighted by atomic mass is 32.1. The molecule has 8 heteroatoms. The lowest BCUT2D eigenvalue weighted by Gasteiger charge is -2.15. The molecule has 0 amide bonds. The topological polar surface area (TPSA) is 64.7 Å². The molecule has 0 saturated heterocycles. The van der Waals surface area contributed by atoms with Crippen molar-refractivity contribution in [1.29, 1.82) is 0 Å². The maximum absolute atomic E-state index is 15.3. The van der Waals surface area contributed by atoms with Crippen molar-refractivity contribution in [2.24, 2.45) is 0 Å². The molecule has 0 aliphatic carbocycles. The summed E-state index contributed by atoms with van der Waals surface area (Å²) < 4.78 is 40.0. The van der Waals surface area contributed by atoms with E-state index in [0.29, 0.717) is 16.5 Å². The number of aromatic nitrogens is 4. The van der Waals surface area contributed by atoms with Crippen LogP contribution in [0.5, 0.6) is 0 Å². The summed E-state index contributed by atoms with van der Waals surface area (Å²) in [4.78, 5) is 9.17. The zero-order valence-corrected chi connectivity index (χ0v) is 15.4. The van der Waals surface area contributed by atoms with Gasteiger partial charge in [0.25, 0.3) is 5.71 Å². The van der Waals surface area contributed by atoms with E-state index in [4.69, 9.17) is 4.52 Å². The first-order valence-corrected chi connectivity index (χ1v) is 9.22. The second-order valence-corrected chi connectivity index (χ2v) is 7.23.